The normalized spacial score (nSPS) is 23.6. The fourth-order valence-electron chi connectivity index (χ4n) is 5.86. The predicted octanol–water partition coefficient (Wildman–Crippen LogP) is 5.28. The van der Waals surface area contributed by atoms with Gasteiger partial charge in [-0.25, -0.2) is 0 Å². The maximum Gasteiger partial charge on any atom is 0.262 e. The summed E-state index contributed by atoms with van der Waals surface area (Å²) in [6, 6.07) is 20.2. The number of allylic oxidation sites excluding steroid dienone is 1. The average Bonchev–Trinajstić information content (AvgIpc) is 2.95. The smallest absolute Gasteiger partial charge is 0.262 e. The van der Waals surface area contributed by atoms with Crippen molar-refractivity contribution in [2.45, 2.75) is 32.2 Å². The summed E-state index contributed by atoms with van der Waals surface area (Å²) < 4.78 is 0. The highest BCUT2D eigenvalue weighted by atomic mass is 16.2. The minimum atomic E-state index is -1.16. The van der Waals surface area contributed by atoms with Crippen LogP contribution in [0.25, 0.3) is 16.3 Å². The van der Waals surface area contributed by atoms with Crippen molar-refractivity contribution in [1.29, 1.82) is 0 Å². The van der Waals surface area contributed by atoms with Crippen molar-refractivity contribution >= 4 is 39.4 Å². The van der Waals surface area contributed by atoms with E-state index in [-0.39, 0.29) is 17.1 Å². The molecule has 2 heterocycles. The number of likely N-dealkylation sites (N-methyl/N-ethyl adjacent to an activating group) is 1. The van der Waals surface area contributed by atoms with Crippen LogP contribution in [0.4, 0.5) is 11.4 Å². The Morgan fingerprint density at radius 2 is 1.65 bits per heavy atom. The summed E-state index contributed by atoms with van der Waals surface area (Å²) in [5.41, 5.74) is 4.04. The third-order valence-corrected chi connectivity index (χ3v) is 7.10. The highest BCUT2D eigenvalue weighted by Crippen LogP contribution is 2.57. The van der Waals surface area contributed by atoms with Crippen molar-refractivity contribution in [3.8, 4) is 0 Å². The summed E-state index contributed by atoms with van der Waals surface area (Å²) in [7, 11) is 1.80. The summed E-state index contributed by atoms with van der Waals surface area (Å²) in [6.45, 7) is 4.29. The topological polar surface area (TPSA) is 49.4 Å². The quantitative estimate of drug-likeness (QED) is 0.551. The fourth-order valence-corrected chi connectivity index (χ4v) is 5.86. The Hall–Kier alpha value is -3.40. The van der Waals surface area contributed by atoms with Gasteiger partial charge in [0.2, 0.25) is 0 Å². The van der Waals surface area contributed by atoms with Crippen LogP contribution in [0.1, 0.15) is 37.8 Å². The number of carbonyl (C=O) groups excluding carboxylic acids is 2. The molecule has 1 spiro atoms. The molecule has 3 aromatic rings. The molecule has 0 radical (unpaired) electrons. The number of amides is 1. The van der Waals surface area contributed by atoms with Gasteiger partial charge in [-0.15, -0.1) is 0 Å². The second-order valence-electron chi connectivity index (χ2n) is 9.76. The summed E-state index contributed by atoms with van der Waals surface area (Å²) in [5, 5.41) is 5.84. The zero-order valence-electron chi connectivity index (χ0n) is 18.0. The van der Waals surface area contributed by atoms with E-state index in [2.05, 4.69) is 43.4 Å². The Morgan fingerprint density at radius 1 is 0.903 bits per heavy atom. The maximum absolute atomic E-state index is 13.9. The molecule has 0 saturated heterocycles. The van der Waals surface area contributed by atoms with E-state index in [4.69, 9.17) is 0 Å². The molecule has 1 N–H and O–H groups in total. The molecule has 4 nitrogen and oxygen atoms in total. The van der Waals surface area contributed by atoms with Crippen LogP contribution in [0.2, 0.25) is 0 Å². The lowest BCUT2D eigenvalue weighted by Gasteiger charge is -2.44. The molecule has 154 valence electrons. The molecule has 0 bridgehead atoms. The Morgan fingerprint density at radius 3 is 2.48 bits per heavy atom. The van der Waals surface area contributed by atoms with E-state index in [1.165, 1.54) is 0 Å². The average molecular weight is 409 g/mol. The van der Waals surface area contributed by atoms with E-state index in [9.17, 15) is 9.59 Å². The molecular formula is C27H24N2O2. The summed E-state index contributed by atoms with van der Waals surface area (Å²) in [5.74, 6) is -0.0242. The Balaban J connectivity index is 1.76. The van der Waals surface area contributed by atoms with Crippen LogP contribution < -0.4 is 10.2 Å². The monoisotopic (exact) mass is 408 g/mol. The Kier molecular flexibility index (Phi) is 3.47. The molecule has 1 atom stereocenters. The third kappa shape index (κ3) is 2.25. The van der Waals surface area contributed by atoms with E-state index < -0.39 is 5.54 Å². The zero-order valence-corrected chi connectivity index (χ0v) is 18.0. The Labute approximate surface area is 181 Å². The molecule has 1 amide bonds. The first-order chi connectivity index (χ1) is 14.8. The second-order valence-corrected chi connectivity index (χ2v) is 9.76. The zero-order chi connectivity index (χ0) is 21.5. The van der Waals surface area contributed by atoms with Gasteiger partial charge in [0.25, 0.3) is 5.91 Å². The van der Waals surface area contributed by atoms with Crippen molar-refractivity contribution in [3.05, 3.63) is 77.4 Å². The highest BCUT2D eigenvalue weighted by Gasteiger charge is 2.58. The number of anilines is 2. The van der Waals surface area contributed by atoms with Gasteiger partial charge in [-0.3, -0.25) is 9.59 Å². The van der Waals surface area contributed by atoms with Crippen molar-refractivity contribution in [2.24, 2.45) is 5.41 Å². The van der Waals surface area contributed by atoms with Crippen LogP contribution in [0, 0.1) is 5.41 Å². The van der Waals surface area contributed by atoms with Gasteiger partial charge < -0.3 is 10.2 Å². The number of carbonyl (C=O) groups is 2. The summed E-state index contributed by atoms with van der Waals surface area (Å²) in [4.78, 5) is 29.3. The number of ketones is 1. The van der Waals surface area contributed by atoms with Gasteiger partial charge in [-0.2, -0.15) is 0 Å². The van der Waals surface area contributed by atoms with Crippen molar-refractivity contribution in [3.63, 3.8) is 0 Å². The van der Waals surface area contributed by atoms with Crippen LogP contribution in [-0.2, 0) is 15.1 Å². The van der Waals surface area contributed by atoms with Crippen LogP contribution in [0.15, 0.2) is 66.2 Å². The SMILES string of the molecule is CN1C(=O)[C@]2(Nc3ccc4ccccc4c3C3=C2C(=O)CC(C)(C)C3)c2ccccc21. The number of benzene rings is 3. The van der Waals surface area contributed by atoms with Crippen molar-refractivity contribution < 1.29 is 9.59 Å². The molecule has 0 fully saturated rings. The molecule has 0 saturated carbocycles. The van der Waals surface area contributed by atoms with Gasteiger partial charge in [0, 0.05) is 41.5 Å². The molecule has 6 rings (SSSR count). The van der Waals surface area contributed by atoms with Crippen molar-refractivity contribution in [2.75, 3.05) is 17.3 Å². The molecule has 3 aliphatic rings. The van der Waals surface area contributed by atoms with Gasteiger partial charge in [0.05, 0.1) is 0 Å². The summed E-state index contributed by atoms with van der Waals surface area (Å²) >= 11 is 0. The predicted molar refractivity (Wildman–Crippen MR) is 124 cm³/mol. The van der Waals surface area contributed by atoms with E-state index >= 15 is 0 Å². The largest absolute Gasteiger partial charge is 0.363 e. The number of nitrogens with one attached hydrogen (secondary N) is 1. The molecule has 0 unspecified atom stereocenters. The number of fused-ring (bicyclic) bond motifs is 7. The van der Waals surface area contributed by atoms with Gasteiger partial charge in [0.15, 0.2) is 11.3 Å². The number of rotatable bonds is 0. The molecular weight excluding hydrogens is 384 g/mol. The molecule has 3 aromatic carbocycles. The molecule has 31 heavy (non-hydrogen) atoms. The van der Waals surface area contributed by atoms with Gasteiger partial charge in [-0.05, 0) is 40.3 Å². The third-order valence-electron chi connectivity index (χ3n) is 7.10. The lowest BCUT2D eigenvalue weighted by Crippen LogP contribution is -2.52. The first-order valence-electron chi connectivity index (χ1n) is 10.8. The summed E-state index contributed by atoms with van der Waals surface area (Å²) in [6.07, 6.45) is 1.20. The number of hydrogen-bond donors (Lipinski definition) is 1. The van der Waals surface area contributed by atoms with Crippen LogP contribution in [0.3, 0.4) is 0 Å². The molecule has 4 heteroatoms. The highest BCUT2D eigenvalue weighted by molar-refractivity contribution is 6.24. The van der Waals surface area contributed by atoms with E-state index in [0.29, 0.717) is 12.0 Å². The molecule has 0 aromatic heterocycles. The van der Waals surface area contributed by atoms with E-state index in [0.717, 1.165) is 45.3 Å². The van der Waals surface area contributed by atoms with Gasteiger partial charge in [0.1, 0.15) is 0 Å². The van der Waals surface area contributed by atoms with Gasteiger partial charge >= 0.3 is 0 Å². The second kappa shape index (κ2) is 5.85. The van der Waals surface area contributed by atoms with Crippen molar-refractivity contribution in [1.82, 2.24) is 0 Å². The van der Waals surface area contributed by atoms with Crippen LogP contribution >= 0.6 is 0 Å². The fraction of sp³-hybridized carbons (Fsp3) is 0.259. The number of hydrogen-bond acceptors (Lipinski definition) is 3. The first-order valence-corrected chi connectivity index (χ1v) is 10.8. The number of para-hydroxylation sites is 1. The van der Waals surface area contributed by atoms with Crippen LogP contribution in [-0.4, -0.2) is 18.7 Å². The number of Topliss-reactive ketones (excluding diaryl/α,β-unsaturated/α-hetero) is 1. The molecule has 2 aliphatic heterocycles. The number of nitrogens with zero attached hydrogens (tertiary/aromatic N) is 1. The minimum Gasteiger partial charge on any atom is -0.363 e. The first kappa shape index (κ1) is 18.4. The standard InChI is InChI=1S/C27H24N2O2/c1-26(2)14-18-23-17-9-5-4-8-16(17)12-13-20(23)28-27(24(18)22(30)15-26)19-10-6-7-11-21(19)29(3)25(27)31/h4-13,28H,14-15H2,1-3H3/t27-/m0/s1. The lowest BCUT2D eigenvalue weighted by atomic mass is 9.64. The van der Waals surface area contributed by atoms with Gasteiger partial charge in [-0.1, -0.05) is 62.4 Å². The van der Waals surface area contributed by atoms with E-state index in [1.807, 2.05) is 36.4 Å². The lowest BCUT2D eigenvalue weighted by molar-refractivity contribution is -0.124. The molecule has 1 aliphatic carbocycles. The minimum absolute atomic E-state index is 0.0655. The van der Waals surface area contributed by atoms with Crippen LogP contribution in [0.5, 0.6) is 0 Å². The van der Waals surface area contributed by atoms with E-state index in [1.54, 1.807) is 11.9 Å². The Bertz CT molecular complexity index is 1350. The maximum atomic E-state index is 13.9.